The predicted molar refractivity (Wildman–Crippen MR) is 132 cm³/mol. The Kier molecular flexibility index (Phi) is 6.91. The summed E-state index contributed by atoms with van der Waals surface area (Å²) in [6.45, 7) is 1.98. The minimum atomic E-state index is -0.446. The van der Waals surface area contributed by atoms with Gasteiger partial charge in [-0.2, -0.15) is 0 Å². The summed E-state index contributed by atoms with van der Waals surface area (Å²) in [7, 11) is 1.72. The molecule has 3 fully saturated rings. The van der Waals surface area contributed by atoms with Crippen LogP contribution in [0.3, 0.4) is 0 Å². The third-order valence-corrected chi connectivity index (χ3v) is 7.37. The summed E-state index contributed by atoms with van der Waals surface area (Å²) in [5.74, 6) is 0.0227. The van der Waals surface area contributed by atoms with Crippen molar-refractivity contribution in [3.63, 3.8) is 0 Å². The van der Waals surface area contributed by atoms with E-state index in [2.05, 4.69) is 15.2 Å². The van der Waals surface area contributed by atoms with Crippen LogP contribution in [-0.4, -0.2) is 79.2 Å². The Morgan fingerprint density at radius 3 is 2.74 bits per heavy atom. The fourth-order valence-electron chi connectivity index (χ4n) is 5.50. The molecule has 1 aromatic carbocycles. The topological polar surface area (TPSA) is 90.3 Å². The molecule has 0 saturated carbocycles. The lowest BCUT2D eigenvalue weighted by Gasteiger charge is -2.39. The summed E-state index contributed by atoms with van der Waals surface area (Å²) < 4.78 is 25.8. The van der Waals surface area contributed by atoms with E-state index in [1.807, 2.05) is 0 Å². The molecule has 3 atom stereocenters. The Labute approximate surface area is 208 Å². The molecule has 10 heteroatoms. The standard InChI is InChI=1S/C25H29ClFN5O3/c1-34-7-6-32-17-3-4-18(32)10-19(9-17)35-23-8-16(27)2-5-20(23)25(33)31-13-21(22(28)14-31)24-29-11-15(26)12-30-24/h2,5,8,11-12,17-19,28-29H,3-4,6-7,9-10,13-14H2,1H3/b24-21+,28-22?/t17-,18+,19+. The van der Waals surface area contributed by atoms with Gasteiger partial charge in [0.25, 0.3) is 5.91 Å². The first-order valence-corrected chi connectivity index (χ1v) is 12.3. The maximum atomic E-state index is 14.2. The maximum absolute atomic E-state index is 14.2. The van der Waals surface area contributed by atoms with Crippen LogP contribution in [0.25, 0.3) is 0 Å². The fourth-order valence-corrected chi connectivity index (χ4v) is 5.60. The Bertz CT molecular complexity index is 1110. The monoisotopic (exact) mass is 501 g/mol. The maximum Gasteiger partial charge on any atom is 0.258 e. The van der Waals surface area contributed by atoms with Gasteiger partial charge >= 0.3 is 0 Å². The van der Waals surface area contributed by atoms with Gasteiger partial charge in [0.2, 0.25) is 0 Å². The van der Waals surface area contributed by atoms with Crippen LogP contribution in [0.4, 0.5) is 4.39 Å². The zero-order valence-electron chi connectivity index (χ0n) is 19.6. The number of carbonyl (C=O) groups excluding carboxylic acids is 1. The molecular formula is C25H29ClFN5O3. The summed E-state index contributed by atoms with van der Waals surface area (Å²) in [5.41, 5.74) is 1.23. The van der Waals surface area contributed by atoms with E-state index in [4.69, 9.17) is 26.5 Å². The highest BCUT2D eigenvalue weighted by Crippen LogP contribution is 2.38. The molecule has 5 rings (SSSR count). The third kappa shape index (κ3) is 4.98. The van der Waals surface area contributed by atoms with Crippen molar-refractivity contribution in [2.75, 3.05) is 33.4 Å². The van der Waals surface area contributed by atoms with E-state index >= 15 is 0 Å². The van der Waals surface area contributed by atoms with Crippen molar-refractivity contribution in [3.8, 4) is 5.75 Å². The molecule has 0 aromatic heterocycles. The van der Waals surface area contributed by atoms with Gasteiger partial charge in [0.15, 0.2) is 0 Å². The van der Waals surface area contributed by atoms with E-state index in [1.165, 1.54) is 24.4 Å². The number of benzene rings is 1. The van der Waals surface area contributed by atoms with Crippen molar-refractivity contribution < 1.29 is 18.7 Å². The van der Waals surface area contributed by atoms with Gasteiger partial charge in [-0.1, -0.05) is 11.6 Å². The zero-order valence-corrected chi connectivity index (χ0v) is 20.4. The van der Waals surface area contributed by atoms with Gasteiger partial charge < -0.3 is 25.1 Å². The van der Waals surface area contributed by atoms with Gasteiger partial charge in [0.05, 0.1) is 36.0 Å². The number of hydrogen-bond acceptors (Lipinski definition) is 7. The predicted octanol–water partition coefficient (Wildman–Crippen LogP) is 3.29. The van der Waals surface area contributed by atoms with Gasteiger partial charge in [-0.05, 0) is 37.8 Å². The Hall–Kier alpha value is -2.75. The molecule has 3 saturated heterocycles. The van der Waals surface area contributed by atoms with E-state index in [-0.39, 0.29) is 30.9 Å². The number of rotatable bonds is 6. The van der Waals surface area contributed by atoms with Crippen LogP contribution in [0.1, 0.15) is 36.0 Å². The zero-order chi connectivity index (χ0) is 24.5. The number of ether oxygens (including phenoxy) is 2. The normalized spacial score (nSPS) is 28.3. The number of amides is 1. The average molecular weight is 502 g/mol. The van der Waals surface area contributed by atoms with Gasteiger partial charge in [0, 0.05) is 49.8 Å². The second-order valence-corrected chi connectivity index (χ2v) is 9.80. The molecule has 0 aliphatic carbocycles. The molecule has 35 heavy (non-hydrogen) atoms. The van der Waals surface area contributed by atoms with E-state index in [0.29, 0.717) is 46.4 Å². The van der Waals surface area contributed by atoms with Gasteiger partial charge in [-0.3, -0.25) is 9.69 Å². The number of carbonyl (C=O) groups is 1. The Morgan fingerprint density at radius 1 is 1.29 bits per heavy atom. The minimum absolute atomic E-state index is 0.0773. The molecule has 0 radical (unpaired) electrons. The summed E-state index contributed by atoms with van der Waals surface area (Å²) >= 11 is 5.90. The van der Waals surface area contributed by atoms with E-state index in [9.17, 15) is 9.18 Å². The van der Waals surface area contributed by atoms with Crippen LogP contribution in [0, 0.1) is 11.2 Å². The first-order chi connectivity index (χ1) is 16.9. The summed E-state index contributed by atoms with van der Waals surface area (Å²) in [4.78, 5) is 21.7. The lowest BCUT2D eigenvalue weighted by atomic mass is 9.99. The smallest absolute Gasteiger partial charge is 0.258 e. The molecule has 8 nitrogen and oxygen atoms in total. The van der Waals surface area contributed by atoms with Gasteiger partial charge in [0.1, 0.15) is 23.5 Å². The second-order valence-electron chi connectivity index (χ2n) is 9.37. The number of aliphatic imine (C=N–C) groups is 1. The SMILES string of the molecule is COCCN1[C@@H]2CC[C@H]1C[C@@H](Oc1cc(F)ccc1C(=O)N1CC(=N)/C(=C3/N=CC(Cl)=CN3)C1)C2. The van der Waals surface area contributed by atoms with Gasteiger partial charge in [-0.25, -0.2) is 9.38 Å². The van der Waals surface area contributed by atoms with E-state index in [1.54, 1.807) is 18.2 Å². The first-order valence-electron chi connectivity index (χ1n) is 11.9. The molecule has 4 aliphatic heterocycles. The molecule has 1 aromatic rings. The van der Waals surface area contributed by atoms with Crippen molar-refractivity contribution in [2.24, 2.45) is 4.99 Å². The average Bonchev–Trinajstić information content (AvgIpc) is 3.34. The quantitative estimate of drug-likeness (QED) is 0.624. The van der Waals surface area contributed by atoms with Crippen LogP contribution in [0.15, 0.2) is 45.8 Å². The van der Waals surface area contributed by atoms with E-state index in [0.717, 1.165) is 32.2 Å². The Morgan fingerprint density at radius 2 is 2.06 bits per heavy atom. The number of fused-ring (bicyclic) bond motifs is 2. The van der Waals surface area contributed by atoms with Crippen molar-refractivity contribution in [2.45, 2.75) is 43.9 Å². The van der Waals surface area contributed by atoms with E-state index < -0.39 is 5.82 Å². The highest BCUT2D eigenvalue weighted by molar-refractivity contribution is 6.39. The number of halogens is 2. The molecule has 0 unspecified atom stereocenters. The molecule has 4 aliphatic rings. The molecule has 0 spiro atoms. The number of likely N-dealkylation sites (tertiary alicyclic amines) is 1. The summed E-state index contributed by atoms with van der Waals surface area (Å²) in [6.07, 6.45) is 6.93. The number of allylic oxidation sites excluding steroid dienone is 1. The van der Waals surface area contributed by atoms with Crippen LogP contribution < -0.4 is 10.1 Å². The minimum Gasteiger partial charge on any atom is -0.489 e. The highest BCUT2D eigenvalue weighted by Gasteiger charge is 2.41. The van der Waals surface area contributed by atoms with Crippen molar-refractivity contribution in [3.05, 3.63) is 52.2 Å². The Balaban J connectivity index is 1.31. The molecule has 4 heterocycles. The number of hydrogen-bond donors (Lipinski definition) is 2. The molecule has 186 valence electrons. The van der Waals surface area contributed by atoms with Crippen molar-refractivity contribution >= 4 is 29.4 Å². The summed E-state index contributed by atoms with van der Waals surface area (Å²) in [6, 6.07) is 4.88. The van der Waals surface area contributed by atoms with Crippen LogP contribution in [0.5, 0.6) is 5.75 Å². The molecule has 1 amide bonds. The fraction of sp³-hybridized carbons (Fsp3) is 0.480. The second kappa shape index (κ2) is 10.1. The number of nitrogens with zero attached hydrogens (tertiary/aromatic N) is 3. The van der Waals surface area contributed by atoms with Crippen LogP contribution in [0.2, 0.25) is 0 Å². The molecular weight excluding hydrogens is 473 g/mol. The van der Waals surface area contributed by atoms with Gasteiger partial charge in [-0.15, -0.1) is 0 Å². The number of piperidine rings is 1. The van der Waals surface area contributed by atoms with Crippen LogP contribution >= 0.6 is 11.6 Å². The number of methoxy groups -OCH3 is 1. The third-order valence-electron chi connectivity index (χ3n) is 7.16. The molecule has 2 bridgehead atoms. The lowest BCUT2D eigenvalue weighted by Crippen LogP contribution is -2.47. The largest absolute Gasteiger partial charge is 0.489 e. The lowest BCUT2D eigenvalue weighted by molar-refractivity contribution is 0.0323. The highest BCUT2D eigenvalue weighted by atomic mass is 35.5. The summed E-state index contributed by atoms with van der Waals surface area (Å²) in [5, 5.41) is 11.8. The molecule has 2 N–H and O–H groups in total. The first kappa shape index (κ1) is 24.0. The van der Waals surface area contributed by atoms with Crippen molar-refractivity contribution in [1.82, 2.24) is 15.1 Å². The number of nitrogens with one attached hydrogen (secondary N) is 2. The van der Waals surface area contributed by atoms with Crippen molar-refractivity contribution in [1.29, 1.82) is 5.41 Å². The van der Waals surface area contributed by atoms with Crippen LogP contribution in [-0.2, 0) is 4.74 Å².